The zero-order valence-electron chi connectivity index (χ0n) is 10.1. The number of carbonyl (C=O) groups is 2. The predicted octanol–water partition coefficient (Wildman–Crippen LogP) is 1.91. The minimum atomic E-state index is -0.795. The molecule has 94 valence electrons. The van der Waals surface area contributed by atoms with Gasteiger partial charge in [-0.25, -0.2) is 4.79 Å². The molecular formula is C13H15N2O3+. The van der Waals surface area contributed by atoms with Gasteiger partial charge in [0.2, 0.25) is 5.91 Å². The number of hydrogen-bond donors (Lipinski definition) is 1. The van der Waals surface area contributed by atoms with Crippen molar-refractivity contribution in [3.05, 3.63) is 35.2 Å². The molecule has 0 aliphatic carbocycles. The van der Waals surface area contributed by atoms with Gasteiger partial charge in [-0.05, 0) is 12.1 Å². The molecule has 1 aromatic rings. The lowest BCUT2D eigenvalue weighted by molar-refractivity contribution is -0.141. The third-order valence-electron chi connectivity index (χ3n) is 2.36. The monoisotopic (exact) mass is 247 g/mol. The Labute approximate surface area is 106 Å². The van der Waals surface area contributed by atoms with Crippen LogP contribution in [0.3, 0.4) is 0 Å². The third kappa shape index (κ3) is 4.26. The van der Waals surface area contributed by atoms with Gasteiger partial charge in [0.15, 0.2) is 0 Å². The maximum Gasteiger partial charge on any atom is 0.394 e. The third-order valence-corrected chi connectivity index (χ3v) is 2.36. The van der Waals surface area contributed by atoms with Crippen LogP contribution in [0, 0.1) is 6.57 Å². The highest BCUT2D eigenvalue weighted by atomic mass is 16.5. The summed E-state index contributed by atoms with van der Waals surface area (Å²) in [5.74, 6) is -0.733. The minimum Gasteiger partial charge on any atom is -0.463 e. The molecule has 1 atom stereocenters. The summed E-state index contributed by atoms with van der Waals surface area (Å²) < 4.78 is 4.51. The Morgan fingerprint density at radius 3 is 2.61 bits per heavy atom. The van der Waals surface area contributed by atoms with Gasteiger partial charge in [0.25, 0.3) is 6.57 Å². The Balaban J connectivity index is 2.42. The molecule has 0 aromatic heterocycles. The van der Waals surface area contributed by atoms with Crippen LogP contribution < -0.4 is 5.32 Å². The molecule has 0 saturated carbocycles. The molecule has 5 nitrogen and oxygen atoms in total. The van der Waals surface area contributed by atoms with E-state index in [0.29, 0.717) is 5.69 Å². The molecule has 1 amide bonds. The fourth-order valence-corrected chi connectivity index (χ4v) is 1.40. The number of esters is 1. The van der Waals surface area contributed by atoms with Gasteiger partial charge in [-0.2, -0.15) is 0 Å². The number of methoxy groups -OCH3 is 1. The topological polar surface area (TPSA) is 59.8 Å². The number of rotatable bonds is 5. The maximum absolute atomic E-state index is 11.6. The molecule has 0 bridgehead atoms. The number of nitrogens with one attached hydrogen (secondary N) is 1. The number of carbonyl (C=O) groups excluding carboxylic acids is 2. The van der Waals surface area contributed by atoms with Gasteiger partial charge in [0, 0.05) is 18.5 Å². The second-order valence-electron chi connectivity index (χ2n) is 3.64. The molecule has 0 fully saturated rings. The zero-order valence-corrected chi connectivity index (χ0v) is 10.1. The van der Waals surface area contributed by atoms with Crippen LogP contribution in [0.5, 0.6) is 0 Å². The molecule has 0 unspecified atom stereocenters. The van der Waals surface area contributed by atoms with E-state index in [1.807, 2.05) is 18.2 Å². The molecule has 5 heteroatoms. The first-order valence-electron chi connectivity index (χ1n) is 5.50. The highest BCUT2D eigenvalue weighted by Crippen LogP contribution is 2.08. The normalized spacial score (nSPS) is 11.1. The van der Waals surface area contributed by atoms with Gasteiger partial charge in [-0.15, -0.1) is 0 Å². The highest BCUT2D eigenvalue weighted by molar-refractivity contribution is 5.91. The van der Waals surface area contributed by atoms with Gasteiger partial charge in [-0.1, -0.05) is 23.0 Å². The molecule has 0 heterocycles. The van der Waals surface area contributed by atoms with Gasteiger partial charge in [0.1, 0.15) is 0 Å². The number of anilines is 1. The summed E-state index contributed by atoms with van der Waals surface area (Å²) >= 11 is 0. The molecule has 1 rings (SSSR count). The minimum absolute atomic E-state index is 0.148. The average Bonchev–Trinajstić information content (AvgIpc) is 2.40. The fraction of sp³-hybridized carbons (Fsp3) is 0.308. The molecule has 0 aliphatic heterocycles. The summed E-state index contributed by atoms with van der Waals surface area (Å²) in [6.07, 6.45) is 0.372. The van der Waals surface area contributed by atoms with Gasteiger partial charge in [-0.3, -0.25) is 4.79 Å². The van der Waals surface area contributed by atoms with E-state index in [0.717, 1.165) is 0 Å². The van der Waals surface area contributed by atoms with Crippen molar-refractivity contribution in [3.8, 4) is 6.57 Å². The summed E-state index contributed by atoms with van der Waals surface area (Å²) in [5.41, 5.74) is 0.710. The van der Waals surface area contributed by atoms with E-state index in [2.05, 4.69) is 14.9 Å². The van der Waals surface area contributed by atoms with Crippen LogP contribution in [0.2, 0.25) is 0 Å². The summed E-state index contributed by atoms with van der Waals surface area (Å²) in [7, 11) is 1.25. The number of hydrogen-bond acceptors (Lipinski definition) is 3. The second kappa shape index (κ2) is 7.07. The van der Waals surface area contributed by atoms with Crippen LogP contribution >= 0.6 is 0 Å². The van der Waals surface area contributed by atoms with E-state index < -0.39 is 12.0 Å². The summed E-state index contributed by atoms with van der Waals surface area (Å²) in [5, 5.41) is 2.70. The molecule has 0 spiro atoms. The SMILES string of the molecule is C#[N+][C@@H](CCC(=O)Nc1ccccc1)C(=O)OC. The molecule has 0 radical (unpaired) electrons. The molecule has 0 saturated heterocycles. The van der Waals surface area contributed by atoms with Gasteiger partial charge < -0.3 is 10.1 Å². The summed E-state index contributed by atoms with van der Waals surface area (Å²) in [4.78, 5) is 26.2. The maximum atomic E-state index is 11.6. The van der Waals surface area contributed by atoms with Crippen molar-refractivity contribution in [2.45, 2.75) is 18.9 Å². The van der Waals surface area contributed by atoms with Crippen molar-refractivity contribution >= 4 is 17.6 Å². The van der Waals surface area contributed by atoms with Crippen LogP contribution in [0.25, 0.3) is 4.85 Å². The van der Waals surface area contributed by atoms with Crippen molar-refractivity contribution in [2.75, 3.05) is 12.4 Å². The Kier molecular flexibility index (Phi) is 5.39. The largest absolute Gasteiger partial charge is 0.463 e. The van der Waals surface area contributed by atoms with Crippen molar-refractivity contribution in [1.82, 2.24) is 0 Å². The van der Waals surface area contributed by atoms with Crippen molar-refractivity contribution in [3.63, 3.8) is 0 Å². The lowest BCUT2D eigenvalue weighted by atomic mass is 10.1. The van der Waals surface area contributed by atoms with E-state index in [4.69, 9.17) is 6.57 Å². The number of benzene rings is 1. The summed E-state index contributed by atoms with van der Waals surface area (Å²) in [6, 6.07) is 8.27. The van der Waals surface area contributed by atoms with E-state index >= 15 is 0 Å². The summed E-state index contributed by atoms with van der Waals surface area (Å²) in [6.45, 7) is 5.08. The van der Waals surface area contributed by atoms with Crippen molar-refractivity contribution in [2.24, 2.45) is 0 Å². The van der Waals surface area contributed by atoms with E-state index in [9.17, 15) is 9.59 Å². The first-order chi connectivity index (χ1) is 8.67. The Morgan fingerprint density at radius 2 is 2.06 bits per heavy atom. The standard InChI is InChI=1S/C13H14N2O3/c1-14-11(13(17)18-2)8-9-12(16)15-10-6-4-3-5-7-10/h1,3-7,11H,8-9H2,2H3/p+1/t11-/m0/s1. The first-order valence-corrected chi connectivity index (χ1v) is 5.50. The number of para-hydroxylation sites is 1. The van der Waals surface area contributed by atoms with Crippen molar-refractivity contribution < 1.29 is 14.3 Å². The smallest absolute Gasteiger partial charge is 0.394 e. The Morgan fingerprint density at radius 1 is 1.39 bits per heavy atom. The van der Waals surface area contributed by atoms with Gasteiger partial charge >= 0.3 is 12.0 Å². The van der Waals surface area contributed by atoms with E-state index in [1.54, 1.807) is 12.1 Å². The van der Waals surface area contributed by atoms with E-state index in [-0.39, 0.29) is 18.7 Å². The van der Waals surface area contributed by atoms with Crippen molar-refractivity contribution in [1.29, 1.82) is 0 Å². The second-order valence-corrected chi connectivity index (χ2v) is 3.64. The van der Waals surface area contributed by atoms with Crippen LogP contribution in [0.1, 0.15) is 12.8 Å². The molecule has 1 N–H and O–H groups in total. The molecule has 0 aliphatic rings. The first kappa shape index (κ1) is 13.7. The van der Waals surface area contributed by atoms with Crippen LogP contribution in [0.15, 0.2) is 30.3 Å². The number of ether oxygens (including phenoxy) is 1. The number of nitrogens with zero attached hydrogens (tertiary/aromatic N) is 1. The Hall–Kier alpha value is -2.35. The molecule has 18 heavy (non-hydrogen) atoms. The molecule has 1 aromatic carbocycles. The molecular weight excluding hydrogens is 232 g/mol. The quantitative estimate of drug-likeness (QED) is 0.808. The van der Waals surface area contributed by atoms with Crippen LogP contribution in [-0.2, 0) is 14.3 Å². The Bertz CT molecular complexity index is 451. The van der Waals surface area contributed by atoms with E-state index in [1.165, 1.54) is 7.11 Å². The average molecular weight is 247 g/mol. The fourth-order valence-electron chi connectivity index (χ4n) is 1.40. The van der Waals surface area contributed by atoms with Gasteiger partial charge in [0.05, 0.1) is 7.11 Å². The zero-order chi connectivity index (χ0) is 13.4. The van der Waals surface area contributed by atoms with Crippen LogP contribution in [-0.4, -0.2) is 25.0 Å². The number of amides is 1. The lowest BCUT2D eigenvalue weighted by Crippen LogP contribution is -2.21. The predicted molar refractivity (Wildman–Crippen MR) is 68.4 cm³/mol. The lowest BCUT2D eigenvalue weighted by Gasteiger charge is -2.04. The van der Waals surface area contributed by atoms with Crippen LogP contribution in [0.4, 0.5) is 5.69 Å². The highest BCUT2D eigenvalue weighted by Gasteiger charge is 2.28.